The number of hydrazone groups is 1. The maximum atomic E-state index is 12.5. The van der Waals surface area contributed by atoms with Gasteiger partial charge in [0.15, 0.2) is 5.69 Å². The minimum absolute atomic E-state index is 0.158. The molecule has 1 N–H and O–H groups in total. The van der Waals surface area contributed by atoms with Crippen molar-refractivity contribution in [1.29, 1.82) is 0 Å². The fraction of sp³-hybridized carbons (Fsp3) is 0.111. The molecule has 1 aromatic heterocycles. The molecule has 1 amide bonds. The van der Waals surface area contributed by atoms with E-state index in [1.165, 1.54) is 10.9 Å². The summed E-state index contributed by atoms with van der Waals surface area (Å²) in [7, 11) is 0. The highest BCUT2D eigenvalue weighted by molar-refractivity contribution is 6.30. The van der Waals surface area contributed by atoms with Crippen molar-refractivity contribution < 1.29 is 4.79 Å². The van der Waals surface area contributed by atoms with Gasteiger partial charge in [0.25, 0.3) is 11.5 Å². The number of benzene rings is 2. The first kappa shape index (κ1) is 16.9. The van der Waals surface area contributed by atoms with Crippen LogP contribution in [-0.4, -0.2) is 21.9 Å². The van der Waals surface area contributed by atoms with Gasteiger partial charge in [0.2, 0.25) is 0 Å². The average Bonchev–Trinajstić information content (AvgIpc) is 2.64. The summed E-state index contributed by atoms with van der Waals surface area (Å²) in [5, 5.41) is 9.66. The number of hydrogen-bond acceptors (Lipinski definition) is 4. The van der Waals surface area contributed by atoms with Crippen LogP contribution in [0.1, 0.15) is 23.0 Å². The van der Waals surface area contributed by atoms with Gasteiger partial charge in [-0.3, -0.25) is 9.59 Å². The van der Waals surface area contributed by atoms with E-state index in [0.717, 1.165) is 5.56 Å². The number of carbonyl (C=O) groups excluding carboxylic acids is 1. The van der Waals surface area contributed by atoms with Crippen molar-refractivity contribution in [3.8, 4) is 0 Å². The molecular formula is C18H15ClN4O2. The molecule has 0 spiro atoms. The van der Waals surface area contributed by atoms with Crippen LogP contribution in [0.25, 0.3) is 10.8 Å². The number of carbonyl (C=O) groups is 1. The van der Waals surface area contributed by atoms with Crippen LogP contribution in [0, 0.1) is 0 Å². The van der Waals surface area contributed by atoms with Crippen LogP contribution >= 0.6 is 11.6 Å². The Labute approximate surface area is 148 Å². The van der Waals surface area contributed by atoms with Crippen LogP contribution in [0.15, 0.2) is 58.4 Å². The number of rotatable bonds is 4. The second kappa shape index (κ2) is 7.27. The number of halogens is 1. The Hall–Kier alpha value is -2.99. The first-order valence-electron chi connectivity index (χ1n) is 7.69. The number of hydrogen-bond donors (Lipinski definition) is 1. The molecule has 0 radical (unpaired) electrons. The second-order valence-corrected chi connectivity index (χ2v) is 5.70. The van der Waals surface area contributed by atoms with Crippen LogP contribution in [0.3, 0.4) is 0 Å². The minimum atomic E-state index is -0.483. The van der Waals surface area contributed by atoms with Gasteiger partial charge in [0.05, 0.1) is 11.6 Å². The normalized spacial score (nSPS) is 11.1. The van der Waals surface area contributed by atoms with E-state index in [2.05, 4.69) is 15.6 Å². The number of nitrogens with zero attached hydrogens (tertiary/aromatic N) is 3. The molecule has 0 fully saturated rings. The fourth-order valence-corrected chi connectivity index (χ4v) is 2.51. The van der Waals surface area contributed by atoms with Gasteiger partial charge >= 0.3 is 0 Å². The Bertz CT molecular complexity index is 1010. The van der Waals surface area contributed by atoms with Gasteiger partial charge in [-0.25, -0.2) is 10.1 Å². The Morgan fingerprint density at radius 2 is 1.88 bits per heavy atom. The predicted octanol–water partition coefficient (Wildman–Crippen LogP) is 2.83. The monoisotopic (exact) mass is 354 g/mol. The van der Waals surface area contributed by atoms with E-state index in [4.69, 9.17) is 11.6 Å². The van der Waals surface area contributed by atoms with Crippen molar-refractivity contribution in [3.05, 3.63) is 75.2 Å². The second-order valence-electron chi connectivity index (χ2n) is 5.27. The summed E-state index contributed by atoms with van der Waals surface area (Å²) in [4.78, 5) is 24.7. The van der Waals surface area contributed by atoms with Crippen LogP contribution in [0.4, 0.5) is 0 Å². The first-order chi connectivity index (χ1) is 12.1. The number of amides is 1. The van der Waals surface area contributed by atoms with E-state index in [9.17, 15) is 9.59 Å². The fourth-order valence-electron chi connectivity index (χ4n) is 2.38. The zero-order valence-electron chi connectivity index (χ0n) is 13.4. The van der Waals surface area contributed by atoms with Gasteiger partial charge in [0.1, 0.15) is 0 Å². The lowest BCUT2D eigenvalue weighted by Crippen LogP contribution is -2.28. The molecule has 0 aliphatic rings. The summed E-state index contributed by atoms with van der Waals surface area (Å²) < 4.78 is 1.26. The first-order valence-corrected chi connectivity index (χ1v) is 8.06. The lowest BCUT2D eigenvalue weighted by molar-refractivity contribution is 0.0949. The minimum Gasteiger partial charge on any atom is -0.267 e. The smallest absolute Gasteiger partial charge is 0.267 e. The van der Waals surface area contributed by atoms with E-state index in [1.54, 1.807) is 55.5 Å². The van der Waals surface area contributed by atoms with E-state index < -0.39 is 5.91 Å². The molecule has 6 nitrogen and oxygen atoms in total. The Kier molecular flexibility index (Phi) is 4.90. The van der Waals surface area contributed by atoms with Crippen molar-refractivity contribution in [3.63, 3.8) is 0 Å². The molecule has 7 heteroatoms. The lowest BCUT2D eigenvalue weighted by atomic mass is 10.1. The van der Waals surface area contributed by atoms with Crippen LogP contribution in [-0.2, 0) is 6.54 Å². The topological polar surface area (TPSA) is 76.3 Å². The summed E-state index contributed by atoms with van der Waals surface area (Å²) in [5.74, 6) is -0.483. The highest BCUT2D eigenvalue weighted by Crippen LogP contribution is 2.13. The number of aromatic nitrogens is 2. The zero-order chi connectivity index (χ0) is 17.8. The third-order valence-corrected chi connectivity index (χ3v) is 3.88. The summed E-state index contributed by atoms with van der Waals surface area (Å²) in [5.41, 5.74) is 3.17. The average molecular weight is 355 g/mol. The molecule has 0 aliphatic carbocycles. The maximum absolute atomic E-state index is 12.5. The molecule has 1 heterocycles. The molecule has 3 aromatic rings. The highest BCUT2D eigenvalue weighted by Gasteiger charge is 2.15. The van der Waals surface area contributed by atoms with E-state index in [0.29, 0.717) is 22.3 Å². The van der Waals surface area contributed by atoms with Gasteiger partial charge in [-0.2, -0.15) is 10.2 Å². The van der Waals surface area contributed by atoms with Gasteiger partial charge in [-0.15, -0.1) is 0 Å². The van der Waals surface area contributed by atoms with Crippen molar-refractivity contribution >= 4 is 34.5 Å². The molecule has 0 aliphatic heterocycles. The van der Waals surface area contributed by atoms with Gasteiger partial charge < -0.3 is 0 Å². The molecule has 2 aromatic carbocycles. The largest absolute Gasteiger partial charge is 0.292 e. The van der Waals surface area contributed by atoms with Crippen LogP contribution in [0.2, 0.25) is 5.02 Å². The Morgan fingerprint density at radius 1 is 1.20 bits per heavy atom. The van der Waals surface area contributed by atoms with E-state index >= 15 is 0 Å². The molecule has 0 atom stereocenters. The lowest BCUT2D eigenvalue weighted by Gasteiger charge is -2.08. The SMILES string of the molecule is CCn1nc(C(=O)N/N=C\c2ccc(Cl)cc2)c2ccccc2c1=O. The Balaban J connectivity index is 1.90. The van der Waals surface area contributed by atoms with Gasteiger partial charge in [-0.05, 0) is 30.7 Å². The van der Waals surface area contributed by atoms with E-state index in [1.807, 2.05) is 0 Å². The van der Waals surface area contributed by atoms with Crippen molar-refractivity contribution in [2.75, 3.05) is 0 Å². The Morgan fingerprint density at radius 3 is 2.56 bits per heavy atom. The van der Waals surface area contributed by atoms with Crippen molar-refractivity contribution in [1.82, 2.24) is 15.2 Å². The van der Waals surface area contributed by atoms with Crippen molar-refractivity contribution in [2.45, 2.75) is 13.5 Å². The third kappa shape index (κ3) is 3.59. The number of aryl methyl sites for hydroxylation is 1. The number of nitrogens with one attached hydrogen (secondary N) is 1. The van der Waals surface area contributed by atoms with E-state index in [-0.39, 0.29) is 11.3 Å². The molecule has 25 heavy (non-hydrogen) atoms. The van der Waals surface area contributed by atoms with Crippen molar-refractivity contribution in [2.24, 2.45) is 5.10 Å². The predicted molar refractivity (Wildman–Crippen MR) is 98.2 cm³/mol. The molecule has 3 rings (SSSR count). The third-order valence-electron chi connectivity index (χ3n) is 3.63. The quantitative estimate of drug-likeness (QED) is 0.578. The molecular weight excluding hydrogens is 340 g/mol. The van der Waals surface area contributed by atoms with Gasteiger partial charge in [-0.1, -0.05) is 41.9 Å². The molecule has 0 saturated heterocycles. The summed E-state index contributed by atoms with van der Waals surface area (Å²) in [6, 6.07) is 13.9. The molecule has 0 saturated carbocycles. The summed E-state index contributed by atoms with van der Waals surface area (Å²) in [6.45, 7) is 2.17. The standard InChI is InChI=1S/C18H15ClN4O2/c1-2-23-18(25)15-6-4-3-5-14(15)16(22-23)17(24)21-20-11-12-7-9-13(19)10-8-12/h3-11H,2H2,1H3,(H,21,24)/b20-11-. The molecule has 126 valence electrons. The maximum Gasteiger partial charge on any atom is 0.292 e. The number of fused-ring (bicyclic) bond motifs is 1. The highest BCUT2D eigenvalue weighted by atomic mass is 35.5. The molecule has 0 unspecified atom stereocenters. The molecule has 0 bridgehead atoms. The van der Waals surface area contributed by atoms with Crippen LogP contribution in [0.5, 0.6) is 0 Å². The van der Waals surface area contributed by atoms with Gasteiger partial charge in [0, 0.05) is 17.0 Å². The zero-order valence-corrected chi connectivity index (χ0v) is 14.2. The summed E-state index contributed by atoms with van der Waals surface area (Å²) in [6.07, 6.45) is 1.51. The summed E-state index contributed by atoms with van der Waals surface area (Å²) >= 11 is 5.82. The van der Waals surface area contributed by atoms with Crippen LogP contribution < -0.4 is 11.0 Å².